The van der Waals surface area contributed by atoms with Crippen LogP contribution in [0.5, 0.6) is 5.75 Å². The van der Waals surface area contributed by atoms with E-state index in [9.17, 15) is 4.79 Å². The lowest BCUT2D eigenvalue weighted by molar-refractivity contribution is -0.129. The maximum atomic E-state index is 11.7. The van der Waals surface area contributed by atoms with E-state index in [0.29, 0.717) is 6.61 Å². The first-order chi connectivity index (χ1) is 11.2. The summed E-state index contributed by atoms with van der Waals surface area (Å²) in [6, 6.07) is 15.7. The fraction of sp³-hybridized carbons (Fsp3) is 0.235. The molecule has 2 N–H and O–H groups in total. The van der Waals surface area contributed by atoms with Crippen LogP contribution in [0.3, 0.4) is 0 Å². The Balaban J connectivity index is 1.97. The molecular weight excluding hydrogens is 312 g/mol. The van der Waals surface area contributed by atoms with Gasteiger partial charge in [0.05, 0.1) is 19.1 Å². The number of carbonyl (C=O) groups excluding carboxylic acids is 1. The Labute approximate surface area is 139 Å². The SMILES string of the molecule is CCOc1ccc2c(c1)C(CC(=O)NO)N(c1ccccc1)S2. The number of hydrogen-bond acceptors (Lipinski definition) is 5. The van der Waals surface area contributed by atoms with Gasteiger partial charge in [0.25, 0.3) is 0 Å². The molecule has 0 bridgehead atoms. The molecule has 0 radical (unpaired) electrons. The molecule has 0 aliphatic carbocycles. The van der Waals surface area contributed by atoms with Crippen molar-refractivity contribution < 1.29 is 14.7 Å². The smallest absolute Gasteiger partial charge is 0.245 e. The minimum Gasteiger partial charge on any atom is -0.494 e. The van der Waals surface area contributed by atoms with Crippen molar-refractivity contribution in [2.75, 3.05) is 10.9 Å². The summed E-state index contributed by atoms with van der Waals surface area (Å²) in [4.78, 5) is 12.8. The Morgan fingerprint density at radius 3 is 2.78 bits per heavy atom. The van der Waals surface area contributed by atoms with Crippen molar-refractivity contribution in [2.45, 2.75) is 24.3 Å². The molecule has 120 valence electrons. The van der Waals surface area contributed by atoms with Crippen LogP contribution in [-0.4, -0.2) is 17.7 Å². The van der Waals surface area contributed by atoms with Crippen LogP contribution in [0.15, 0.2) is 53.4 Å². The van der Waals surface area contributed by atoms with Crippen LogP contribution in [0.25, 0.3) is 0 Å². The molecule has 0 aromatic heterocycles. The minimum absolute atomic E-state index is 0.162. The highest BCUT2D eigenvalue weighted by atomic mass is 32.2. The van der Waals surface area contributed by atoms with Gasteiger partial charge in [0, 0.05) is 10.6 Å². The van der Waals surface area contributed by atoms with E-state index in [-0.39, 0.29) is 12.5 Å². The predicted octanol–water partition coefficient (Wildman–Crippen LogP) is 3.55. The number of hydroxylamine groups is 1. The molecular formula is C17H18N2O3S. The Morgan fingerprint density at radius 2 is 2.09 bits per heavy atom. The van der Waals surface area contributed by atoms with Crippen LogP contribution in [0.2, 0.25) is 0 Å². The van der Waals surface area contributed by atoms with Crippen LogP contribution in [0.4, 0.5) is 5.69 Å². The summed E-state index contributed by atoms with van der Waals surface area (Å²) >= 11 is 1.59. The number of fused-ring (bicyclic) bond motifs is 1. The summed E-state index contributed by atoms with van der Waals surface area (Å²) in [6.45, 7) is 2.53. The molecule has 0 saturated carbocycles. The zero-order valence-corrected chi connectivity index (χ0v) is 13.5. The summed E-state index contributed by atoms with van der Waals surface area (Å²) in [5.41, 5.74) is 3.78. The zero-order valence-electron chi connectivity index (χ0n) is 12.7. The molecule has 1 amide bonds. The van der Waals surface area contributed by atoms with Gasteiger partial charge in [-0.05, 0) is 54.8 Å². The van der Waals surface area contributed by atoms with E-state index in [1.165, 1.54) is 0 Å². The van der Waals surface area contributed by atoms with Gasteiger partial charge in [-0.1, -0.05) is 18.2 Å². The summed E-state index contributed by atoms with van der Waals surface area (Å²) < 4.78 is 7.67. The van der Waals surface area contributed by atoms with Crippen LogP contribution in [0, 0.1) is 0 Å². The number of hydrogen-bond donors (Lipinski definition) is 2. The van der Waals surface area contributed by atoms with E-state index >= 15 is 0 Å². The Morgan fingerprint density at radius 1 is 1.30 bits per heavy atom. The standard InChI is InChI=1S/C17H18N2O3S/c1-2-22-13-8-9-16-14(10-13)15(11-17(20)18-21)19(23-16)12-6-4-3-5-7-12/h3-10,15,21H,2,11H2,1H3,(H,18,20). The van der Waals surface area contributed by atoms with Crippen molar-refractivity contribution >= 4 is 23.5 Å². The van der Waals surface area contributed by atoms with Gasteiger partial charge in [0.15, 0.2) is 0 Å². The number of anilines is 1. The van der Waals surface area contributed by atoms with Gasteiger partial charge >= 0.3 is 0 Å². The third-order valence-electron chi connectivity index (χ3n) is 3.65. The molecule has 1 aliphatic rings. The van der Waals surface area contributed by atoms with Crippen LogP contribution < -0.4 is 14.5 Å². The number of benzene rings is 2. The second-order valence-corrected chi connectivity index (χ2v) is 6.16. The van der Waals surface area contributed by atoms with Crippen molar-refractivity contribution in [3.8, 4) is 5.75 Å². The van der Waals surface area contributed by atoms with Crippen molar-refractivity contribution in [1.29, 1.82) is 0 Å². The van der Waals surface area contributed by atoms with Crippen molar-refractivity contribution in [1.82, 2.24) is 5.48 Å². The van der Waals surface area contributed by atoms with E-state index in [4.69, 9.17) is 9.94 Å². The molecule has 1 aliphatic heterocycles. The summed E-state index contributed by atoms with van der Waals surface area (Å²) in [5.74, 6) is 0.377. The molecule has 0 spiro atoms. The number of ether oxygens (including phenoxy) is 1. The minimum atomic E-state index is -0.411. The highest BCUT2D eigenvalue weighted by Gasteiger charge is 2.33. The van der Waals surface area contributed by atoms with Gasteiger partial charge in [0.1, 0.15) is 5.75 Å². The van der Waals surface area contributed by atoms with Gasteiger partial charge in [0.2, 0.25) is 5.91 Å². The highest BCUT2D eigenvalue weighted by molar-refractivity contribution is 8.01. The molecule has 5 nitrogen and oxygen atoms in total. The van der Waals surface area contributed by atoms with Crippen LogP contribution in [0.1, 0.15) is 24.9 Å². The molecule has 1 atom stereocenters. The lowest BCUT2D eigenvalue weighted by atomic mass is 10.0. The normalized spacial score (nSPS) is 16.1. The third kappa shape index (κ3) is 3.28. The van der Waals surface area contributed by atoms with E-state index in [1.54, 1.807) is 17.4 Å². The van der Waals surface area contributed by atoms with Crippen LogP contribution in [-0.2, 0) is 4.79 Å². The summed E-state index contributed by atoms with van der Waals surface area (Å²) in [7, 11) is 0. The average molecular weight is 330 g/mol. The first kappa shape index (κ1) is 15.7. The number of rotatable bonds is 5. The lowest BCUT2D eigenvalue weighted by Gasteiger charge is -2.25. The maximum absolute atomic E-state index is 11.7. The second kappa shape index (κ2) is 6.93. The number of carbonyl (C=O) groups is 1. The molecule has 0 saturated heterocycles. The zero-order chi connectivity index (χ0) is 16.2. The Hall–Kier alpha value is -2.18. The van der Waals surface area contributed by atoms with E-state index < -0.39 is 5.91 Å². The first-order valence-electron chi connectivity index (χ1n) is 7.45. The fourth-order valence-corrected chi connectivity index (χ4v) is 3.83. The Bertz CT molecular complexity index is 693. The number of nitrogens with one attached hydrogen (secondary N) is 1. The van der Waals surface area contributed by atoms with Gasteiger partial charge in [-0.3, -0.25) is 10.0 Å². The molecule has 1 unspecified atom stereocenters. The first-order valence-corrected chi connectivity index (χ1v) is 8.22. The molecule has 2 aromatic rings. The number of para-hydroxylation sites is 1. The maximum Gasteiger partial charge on any atom is 0.245 e. The number of nitrogens with zero attached hydrogens (tertiary/aromatic N) is 1. The molecule has 0 fully saturated rings. The van der Waals surface area contributed by atoms with E-state index in [0.717, 1.165) is 21.9 Å². The van der Waals surface area contributed by atoms with Gasteiger partial charge in [-0.2, -0.15) is 0 Å². The molecule has 1 heterocycles. The second-order valence-electron chi connectivity index (χ2n) is 5.14. The fourth-order valence-electron chi connectivity index (χ4n) is 2.64. The lowest BCUT2D eigenvalue weighted by Crippen LogP contribution is -2.26. The topological polar surface area (TPSA) is 61.8 Å². The van der Waals surface area contributed by atoms with Crippen molar-refractivity contribution in [2.24, 2.45) is 0 Å². The molecule has 3 rings (SSSR count). The molecule has 6 heteroatoms. The summed E-state index contributed by atoms with van der Waals surface area (Å²) in [5, 5.41) is 8.89. The summed E-state index contributed by atoms with van der Waals surface area (Å²) in [6.07, 6.45) is 0.168. The number of amides is 1. The quantitative estimate of drug-likeness (QED) is 0.499. The van der Waals surface area contributed by atoms with Crippen LogP contribution >= 0.6 is 11.9 Å². The molecule has 2 aromatic carbocycles. The third-order valence-corrected chi connectivity index (χ3v) is 4.88. The largest absolute Gasteiger partial charge is 0.494 e. The monoisotopic (exact) mass is 330 g/mol. The van der Waals surface area contributed by atoms with E-state index in [1.807, 2.05) is 55.5 Å². The average Bonchev–Trinajstić information content (AvgIpc) is 2.94. The van der Waals surface area contributed by atoms with Gasteiger partial charge in [-0.25, -0.2) is 5.48 Å². The van der Waals surface area contributed by atoms with Gasteiger partial charge in [-0.15, -0.1) is 0 Å². The Kier molecular flexibility index (Phi) is 4.73. The van der Waals surface area contributed by atoms with Crippen molar-refractivity contribution in [3.63, 3.8) is 0 Å². The highest BCUT2D eigenvalue weighted by Crippen LogP contribution is 2.49. The van der Waals surface area contributed by atoms with Gasteiger partial charge < -0.3 is 9.04 Å². The van der Waals surface area contributed by atoms with E-state index in [2.05, 4.69) is 4.31 Å². The predicted molar refractivity (Wildman–Crippen MR) is 89.7 cm³/mol. The molecule has 23 heavy (non-hydrogen) atoms. The van der Waals surface area contributed by atoms with Crippen molar-refractivity contribution in [3.05, 3.63) is 54.1 Å².